The lowest BCUT2D eigenvalue weighted by molar-refractivity contribution is -0.120. The van der Waals surface area contributed by atoms with Gasteiger partial charge >= 0.3 is 0 Å². The van der Waals surface area contributed by atoms with Crippen molar-refractivity contribution in [2.45, 2.75) is 18.7 Å². The number of ether oxygens (including phenoxy) is 3. The van der Waals surface area contributed by atoms with Gasteiger partial charge in [0.1, 0.15) is 11.1 Å². The molecule has 1 fully saturated rings. The van der Waals surface area contributed by atoms with Crippen molar-refractivity contribution in [1.29, 1.82) is 0 Å². The van der Waals surface area contributed by atoms with Crippen LogP contribution < -0.4 is 29.7 Å². The Labute approximate surface area is 215 Å². The fourth-order valence-corrected chi connectivity index (χ4v) is 5.02. The Morgan fingerprint density at radius 1 is 1.08 bits per heavy atom. The van der Waals surface area contributed by atoms with Gasteiger partial charge in [0, 0.05) is 49.4 Å². The highest BCUT2D eigenvalue weighted by Crippen LogP contribution is 2.40. The second-order valence-corrected chi connectivity index (χ2v) is 9.60. The topological polar surface area (TPSA) is 97.8 Å². The molecule has 2 N–H and O–H groups in total. The number of hydrogen-bond acceptors (Lipinski definition) is 9. The van der Waals surface area contributed by atoms with Crippen molar-refractivity contribution in [2.24, 2.45) is 0 Å². The molecule has 4 rings (SSSR count). The average Bonchev–Trinajstić information content (AvgIpc) is 2.92. The van der Waals surface area contributed by atoms with Crippen LogP contribution in [0.15, 0.2) is 48.7 Å². The molecule has 1 saturated heterocycles. The molecule has 10 heteroatoms. The van der Waals surface area contributed by atoms with Gasteiger partial charge in [-0.15, -0.1) is 11.8 Å². The molecule has 190 valence electrons. The predicted molar refractivity (Wildman–Crippen MR) is 143 cm³/mol. The predicted octanol–water partition coefficient (Wildman–Crippen LogP) is 3.79. The van der Waals surface area contributed by atoms with E-state index in [4.69, 9.17) is 19.2 Å². The van der Waals surface area contributed by atoms with Crippen LogP contribution in [-0.4, -0.2) is 61.3 Å². The molecule has 0 spiro atoms. The molecule has 0 bridgehead atoms. The standard InChI is InChI=1S/C26H31N5O4S/c1-17-5-7-18(8-6-17)15-28-25(32)22-16-31(11-12-36-22)23-9-10-27-26(30-23)29-19-13-20(33-2)24(35-4)21(14-19)34-3/h5-10,13-14,22H,11-12,15-16H2,1-4H3,(H,28,32)(H,27,29,30). The van der Waals surface area contributed by atoms with Crippen molar-refractivity contribution < 1.29 is 19.0 Å². The average molecular weight is 510 g/mol. The molecule has 1 unspecified atom stereocenters. The molecule has 1 amide bonds. The maximum absolute atomic E-state index is 12.9. The third-order valence-electron chi connectivity index (χ3n) is 5.83. The molecule has 3 aromatic rings. The van der Waals surface area contributed by atoms with E-state index in [0.717, 1.165) is 23.7 Å². The number of aromatic nitrogens is 2. The number of nitrogens with zero attached hydrogens (tertiary/aromatic N) is 3. The Morgan fingerprint density at radius 2 is 1.81 bits per heavy atom. The summed E-state index contributed by atoms with van der Waals surface area (Å²) >= 11 is 1.67. The van der Waals surface area contributed by atoms with Crippen LogP contribution in [0.5, 0.6) is 17.2 Å². The highest BCUT2D eigenvalue weighted by molar-refractivity contribution is 8.00. The van der Waals surface area contributed by atoms with Crippen LogP contribution in [0, 0.1) is 6.92 Å². The number of carbonyl (C=O) groups is 1. The first-order valence-corrected chi connectivity index (χ1v) is 12.7. The number of hydrogen-bond donors (Lipinski definition) is 2. The summed E-state index contributed by atoms with van der Waals surface area (Å²) in [6, 6.07) is 13.6. The Morgan fingerprint density at radius 3 is 2.47 bits per heavy atom. The van der Waals surface area contributed by atoms with E-state index in [0.29, 0.717) is 42.0 Å². The van der Waals surface area contributed by atoms with Crippen LogP contribution in [0.3, 0.4) is 0 Å². The molecule has 2 aromatic carbocycles. The van der Waals surface area contributed by atoms with E-state index in [1.165, 1.54) is 5.56 Å². The van der Waals surface area contributed by atoms with E-state index in [9.17, 15) is 4.79 Å². The number of anilines is 3. The Bertz CT molecular complexity index is 1170. The first kappa shape index (κ1) is 25.4. The summed E-state index contributed by atoms with van der Waals surface area (Å²) in [5, 5.41) is 6.11. The van der Waals surface area contributed by atoms with Crippen molar-refractivity contribution in [1.82, 2.24) is 15.3 Å². The lowest BCUT2D eigenvalue weighted by atomic mass is 10.1. The van der Waals surface area contributed by atoms with E-state index in [1.54, 1.807) is 51.4 Å². The van der Waals surface area contributed by atoms with Gasteiger partial charge in [0.05, 0.1) is 21.3 Å². The molecule has 36 heavy (non-hydrogen) atoms. The number of carbonyl (C=O) groups excluding carboxylic acids is 1. The maximum Gasteiger partial charge on any atom is 0.235 e. The Balaban J connectivity index is 1.42. The molecule has 0 radical (unpaired) electrons. The highest BCUT2D eigenvalue weighted by Gasteiger charge is 2.27. The zero-order chi connectivity index (χ0) is 25.5. The van der Waals surface area contributed by atoms with Crippen LogP contribution in [0.1, 0.15) is 11.1 Å². The number of thioether (sulfide) groups is 1. The summed E-state index contributed by atoms with van der Waals surface area (Å²) in [5.41, 5.74) is 2.99. The summed E-state index contributed by atoms with van der Waals surface area (Å²) in [4.78, 5) is 24.0. The van der Waals surface area contributed by atoms with Gasteiger partial charge in [-0.1, -0.05) is 29.8 Å². The van der Waals surface area contributed by atoms with Crippen molar-refractivity contribution in [2.75, 3.05) is 50.4 Å². The third kappa shape index (κ3) is 6.12. The second kappa shape index (κ2) is 11.9. The van der Waals surface area contributed by atoms with Crippen LogP contribution >= 0.6 is 11.8 Å². The number of rotatable bonds is 9. The van der Waals surface area contributed by atoms with Gasteiger partial charge in [0.15, 0.2) is 11.5 Å². The van der Waals surface area contributed by atoms with Crippen molar-refractivity contribution in [3.8, 4) is 17.2 Å². The Hall–Kier alpha value is -3.66. The van der Waals surface area contributed by atoms with Crippen molar-refractivity contribution >= 4 is 35.1 Å². The molecule has 1 aromatic heterocycles. The summed E-state index contributed by atoms with van der Waals surface area (Å²) in [6.07, 6.45) is 1.71. The fourth-order valence-electron chi connectivity index (χ4n) is 3.89. The Kier molecular flexibility index (Phi) is 8.37. The number of amides is 1. The minimum Gasteiger partial charge on any atom is -0.493 e. The number of nitrogens with one attached hydrogen (secondary N) is 2. The highest BCUT2D eigenvalue weighted by atomic mass is 32.2. The molecule has 0 aliphatic carbocycles. The number of aryl methyl sites for hydroxylation is 1. The molecular formula is C26H31N5O4S. The molecule has 2 heterocycles. The van der Waals surface area contributed by atoms with Crippen molar-refractivity contribution in [3.05, 3.63) is 59.8 Å². The van der Waals surface area contributed by atoms with E-state index >= 15 is 0 Å². The lowest BCUT2D eigenvalue weighted by Gasteiger charge is -2.32. The third-order valence-corrected chi connectivity index (χ3v) is 7.02. The van der Waals surface area contributed by atoms with E-state index in [1.807, 2.05) is 25.1 Å². The molecule has 9 nitrogen and oxygen atoms in total. The van der Waals surface area contributed by atoms with Gasteiger partial charge in [-0.25, -0.2) is 4.98 Å². The SMILES string of the molecule is COc1cc(Nc2nccc(N3CCSC(C(=O)NCc4ccc(C)cc4)C3)n2)cc(OC)c1OC. The van der Waals surface area contributed by atoms with Gasteiger partial charge in [-0.05, 0) is 18.6 Å². The summed E-state index contributed by atoms with van der Waals surface area (Å²) in [5.74, 6) is 3.64. The minimum atomic E-state index is -0.175. The van der Waals surface area contributed by atoms with Gasteiger partial charge in [-0.3, -0.25) is 4.79 Å². The number of benzene rings is 2. The largest absolute Gasteiger partial charge is 0.493 e. The normalized spacial score (nSPS) is 15.2. The van der Waals surface area contributed by atoms with Gasteiger partial charge in [0.2, 0.25) is 17.6 Å². The van der Waals surface area contributed by atoms with Crippen LogP contribution in [0.2, 0.25) is 0 Å². The number of methoxy groups -OCH3 is 3. The zero-order valence-corrected chi connectivity index (χ0v) is 21.7. The molecule has 1 aliphatic rings. The monoisotopic (exact) mass is 509 g/mol. The van der Waals surface area contributed by atoms with Gasteiger partial charge in [-0.2, -0.15) is 4.98 Å². The fraction of sp³-hybridized carbons (Fsp3) is 0.346. The minimum absolute atomic E-state index is 0.0371. The second-order valence-electron chi connectivity index (χ2n) is 8.29. The first-order chi connectivity index (χ1) is 17.5. The van der Waals surface area contributed by atoms with Crippen LogP contribution in [0.4, 0.5) is 17.5 Å². The van der Waals surface area contributed by atoms with Crippen molar-refractivity contribution in [3.63, 3.8) is 0 Å². The summed E-state index contributed by atoms with van der Waals surface area (Å²) in [7, 11) is 4.70. The zero-order valence-electron chi connectivity index (χ0n) is 20.9. The summed E-state index contributed by atoms with van der Waals surface area (Å²) in [6.45, 7) is 3.94. The molecule has 1 aliphatic heterocycles. The van der Waals surface area contributed by atoms with Crippen LogP contribution in [-0.2, 0) is 11.3 Å². The van der Waals surface area contributed by atoms with Crippen LogP contribution in [0.25, 0.3) is 0 Å². The van der Waals surface area contributed by atoms with Gasteiger partial charge < -0.3 is 29.7 Å². The summed E-state index contributed by atoms with van der Waals surface area (Å²) < 4.78 is 16.2. The first-order valence-electron chi connectivity index (χ1n) is 11.6. The smallest absolute Gasteiger partial charge is 0.235 e. The lowest BCUT2D eigenvalue weighted by Crippen LogP contribution is -2.45. The van der Waals surface area contributed by atoms with E-state index < -0.39 is 0 Å². The van der Waals surface area contributed by atoms with E-state index in [-0.39, 0.29) is 11.2 Å². The van der Waals surface area contributed by atoms with E-state index in [2.05, 4.69) is 32.7 Å². The molecule has 1 atom stereocenters. The molecule has 0 saturated carbocycles. The quantitative estimate of drug-likeness (QED) is 0.446. The molecular weight excluding hydrogens is 478 g/mol. The maximum atomic E-state index is 12.9. The van der Waals surface area contributed by atoms with Gasteiger partial charge in [0.25, 0.3) is 0 Å².